The maximum absolute atomic E-state index is 5.42. The Balaban J connectivity index is 0. The van der Waals surface area contributed by atoms with E-state index in [-0.39, 0.29) is 0 Å². The molecule has 0 saturated carbocycles. The van der Waals surface area contributed by atoms with Crippen LogP contribution in [-0.2, 0) is 0 Å². The van der Waals surface area contributed by atoms with Gasteiger partial charge in [0.25, 0.3) is 0 Å². The summed E-state index contributed by atoms with van der Waals surface area (Å²) in [6, 6.07) is 4.46. The Kier molecular flexibility index (Phi) is 16.4. The van der Waals surface area contributed by atoms with Crippen molar-refractivity contribution in [3.8, 4) is 0 Å². The number of hydrogen-bond acceptors (Lipinski definition) is 0. The normalized spacial score (nSPS) is 15.3. The molecule has 0 heterocycles. The van der Waals surface area contributed by atoms with Gasteiger partial charge in [0.05, 0.1) is 0 Å². The zero-order valence-corrected chi connectivity index (χ0v) is 32.1. The van der Waals surface area contributed by atoms with Gasteiger partial charge in [-0.05, 0) is 19.3 Å². The molecule has 0 aliphatic carbocycles. The van der Waals surface area contributed by atoms with Crippen molar-refractivity contribution in [2.45, 2.75) is 116 Å². The molecule has 0 spiro atoms. The van der Waals surface area contributed by atoms with Gasteiger partial charge in [0.15, 0.2) is 0 Å². The fourth-order valence-corrected chi connectivity index (χ4v) is 7.03. The minimum atomic E-state index is -5.42. The van der Waals surface area contributed by atoms with Gasteiger partial charge in [0, 0.05) is 43.5 Å². The first-order chi connectivity index (χ1) is 13.7. The van der Waals surface area contributed by atoms with E-state index in [4.69, 9.17) is 53.0 Å². The third kappa shape index (κ3) is 46.2. The van der Waals surface area contributed by atoms with Crippen LogP contribution in [0.1, 0.15) is 38.5 Å². The van der Waals surface area contributed by atoms with Crippen LogP contribution in [0.15, 0.2) is 0 Å². The number of unbranched alkanes of at least 4 members (excludes halogenated alkanes) is 3. The molecule has 0 saturated heterocycles. The van der Waals surface area contributed by atoms with E-state index >= 15 is 0 Å². The summed E-state index contributed by atoms with van der Waals surface area (Å²) >= 11 is 0. The first kappa shape index (κ1) is 37.0. The Bertz CT molecular complexity index is 523. The van der Waals surface area contributed by atoms with Crippen molar-refractivity contribution in [3.63, 3.8) is 0 Å². The number of nitrogens with zero attached hydrogens (tertiary/aromatic N) is 1. The first-order valence-electron chi connectivity index (χ1n) is 11.9. The van der Waals surface area contributed by atoms with Gasteiger partial charge in [0.2, 0.25) is 0 Å². The Labute approximate surface area is 223 Å². The van der Waals surface area contributed by atoms with E-state index in [0.29, 0.717) is 0 Å². The maximum atomic E-state index is 5.06. The van der Waals surface area contributed by atoms with Gasteiger partial charge in [-0.15, -0.1) is 0 Å². The van der Waals surface area contributed by atoms with Crippen LogP contribution in [0.4, 0.5) is 0 Å². The summed E-state index contributed by atoms with van der Waals surface area (Å²) in [6.07, 6.45) is 10.9. The molecule has 0 aromatic rings. The molecule has 1 nitrogen and oxygen atoms in total. The van der Waals surface area contributed by atoms with Gasteiger partial charge in [0.1, 0.15) is 19.3 Å². The SMILES string of the molecule is C[Si](C)(C)CCCC=[N+](CCCC[Si](C)(C)C)CCCC[Si](C)(C)C.[Cl][Sb-]([Cl])([Cl])([Cl])([Cl])[Cl]. The fraction of sp³-hybridized carbons (Fsp3) is 0.952. The molecule has 0 aromatic heterocycles. The average Bonchev–Trinajstić information content (AvgIpc) is 2.45. The van der Waals surface area contributed by atoms with Crippen molar-refractivity contribution in [1.29, 1.82) is 0 Å². The van der Waals surface area contributed by atoms with Crippen LogP contribution >= 0.6 is 53.0 Å². The number of halogens is 6. The van der Waals surface area contributed by atoms with Gasteiger partial charge in [-0.25, -0.2) is 4.58 Å². The summed E-state index contributed by atoms with van der Waals surface area (Å²) in [7, 11) is 22.4. The minimum absolute atomic E-state index is 0.853. The molecule has 0 bridgehead atoms. The Hall–Kier alpha value is 2.88. The number of rotatable bonds is 14. The van der Waals surface area contributed by atoms with Gasteiger partial charge < -0.3 is 0 Å². The van der Waals surface area contributed by atoms with Crippen molar-refractivity contribution in [3.05, 3.63) is 0 Å². The second-order valence-electron chi connectivity index (χ2n) is 12.7. The summed E-state index contributed by atoms with van der Waals surface area (Å²) in [5.41, 5.74) is 0. The topological polar surface area (TPSA) is 3.01 Å². The molecule has 0 radical (unpaired) electrons. The summed E-state index contributed by atoms with van der Waals surface area (Å²) in [5.74, 6) is 0. The van der Waals surface area contributed by atoms with E-state index < -0.39 is 33.4 Å². The Morgan fingerprint density at radius 3 is 1.09 bits per heavy atom. The molecule has 0 atom stereocenters. The second kappa shape index (κ2) is 14.1. The van der Waals surface area contributed by atoms with E-state index in [9.17, 15) is 0 Å². The van der Waals surface area contributed by atoms with Crippen LogP contribution in [0.25, 0.3) is 0 Å². The number of hydrogen-bond donors (Lipinski definition) is 0. The molecule has 0 aliphatic heterocycles. The third-order valence-electron chi connectivity index (χ3n) is 4.76. The molecule has 0 N–H and O–H groups in total. The summed E-state index contributed by atoms with van der Waals surface area (Å²) < 4.78 is 2.68. The van der Waals surface area contributed by atoms with Crippen LogP contribution in [0.3, 0.4) is 0 Å². The van der Waals surface area contributed by atoms with Crippen LogP contribution in [0, 0.1) is 0 Å². The Morgan fingerprint density at radius 1 is 0.531 bits per heavy atom. The van der Waals surface area contributed by atoms with Crippen LogP contribution in [0.2, 0.25) is 77.1 Å². The monoisotopic (exact) mass is 731 g/mol. The van der Waals surface area contributed by atoms with Crippen molar-refractivity contribution >= 4 is 92.6 Å². The van der Waals surface area contributed by atoms with Crippen molar-refractivity contribution in [2.75, 3.05) is 13.1 Å². The zero-order chi connectivity index (χ0) is 26.0. The molecule has 0 amide bonds. The van der Waals surface area contributed by atoms with Crippen LogP contribution < -0.4 is 0 Å². The van der Waals surface area contributed by atoms with E-state index in [1.807, 2.05) is 0 Å². The second-order valence-corrected chi connectivity index (χ2v) is 86.4. The summed E-state index contributed by atoms with van der Waals surface area (Å²) in [6.45, 7) is 25.1. The standard InChI is InChI=1S/C21H50NSi3.6ClH.Sb/c1-23(2,3)19-13-10-16-22(17-11-14-20-24(4,5)6)18-12-15-21-25(7,8)9;;;;;;;/h16H,10-15,17-21H2,1-9H3;6*1H;/q+1;;;;;;;+5/p-6. The van der Waals surface area contributed by atoms with E-state index in [0.717, 1.165) is 0 Å². The summed E-state index contributed by atoms with van der Waals surface area (Å²) in [5, 5.41) is 0. The average molecular weight is 735 g/mol. The predicted octanol–water partition coefficient (Wildman–Crippen LogP) is 11.2. The molecular weight excluding hydrogens is 685 g/mol. The quantitative estimate of drug-likeness (QED) is 0.0723. The van der Waals surface area contributed by atoms with Crippen molar-refractivity contribution in [2.24, 2.45) is 0 Å². The zero-order valence-electron chi connectivity index (χ0n) is 22.0. The fourth-order valence-electron chi connectivity index (χ4n) is 3.14. The van der Waals surface area contributed by atoms with Gasteiger partial charge >= 0.3 is 62.1 Å². The summed E-state index contributed by atoms with van der Waals surface area (Å²) in [4.78, 5) is 0. The molecule has 0 aliphatic rings. The van der Waals surface area contributed by atoms with Crippen molar-refractivity contribution < 1.29 is 4.58 Å². The van der Waals surface area contributed by atoms with Crippen LogP contribution in [0.5, 0.6) is 0 Å². The molecule has 0 aromatic carbocycles. The molecule has 198 valence electrons. The van der Waals surface area contributed by atoms with Crippen LogP contribution in [-0.4, -0.2) is 57.2 Å². The predicted molar refractivity (Wildman–Crippen MR) is 169 cm³/mol. The van der Waals surface area contributed by atoms with E-state index in [1.165, 1.54) is 69.7 Å². The van der Waals surface area contributed by atoms with Crippen molar-refractivity contribution in [1.82, 2.24) is 0 Å². The molecule has 0 rings (SSSR count). The van der Waals surface area contributed by atoms with E-state index in [2.05, 4.69) is 69.7 Å². The van der Waals surface area contributed by atoms with E-state index in [1.54, 1.807) is 0 Å². The van der Waals surface area contributed by atoms with Gasteiger partial charge in [-0.3, -0.25) is 0 Å². The first-order valence-corrected chi connectivity index (χ1v) is 42.4. The molecule has 11 heteroatoms. The molecule has 0 fully saturated rings. The Morgan fingerprint density at radius 2 is 0.812 bits per heavy atom. The molecule has 32 heavy (non-hydrogen) atoms. The van der Waals surface area contributed by atoms with Gasteiger partial charge in [-0.1, -0.05) is 77.1 Å². The molecule has 0 unspecified atom stereocenters. The third-order valence-corrected chi connectivity index (χ3v) is 10.3. The molecular formula is C21H50Cl6NSbSi3. The van der Waals surface area contributed by atoms with Gasteiger partial charge in [-0.2, -0.15) is 0 Å².